The van der Waals surface area contributed by atoms with Crippen LogP contribution in [0, 0.1) is 6.92 Å². The molecule has 1 unspecified atom stereocenters. The predicted octanol–water partition coefficient (Wildman–Crippen LogP) is 4.58. The first-order valence-corrected chi connectivity index (χ1v) is 7.68. The van der Waals surface area contributed by atoms with Crippen LogP contribution in [0.2, 0.25) is 0 Å². The maximum atomic E-state index is 11.5. The number of hydrogen-bond acceptors (Lipinski definition) is 3. The van der Waals surface area contributed by atoms with E-state index in [1.807, 2.05) is 25.1 Å². The lowest BCUT2D eigenvalue weighted by atomic mass is 10.1. The Kier molecular flexibility index (Phi) is 4.79. The lowest BCUT2D eigenvalue weighted by molar-refractivity contribution is -0.115. The molecule has 0 aliphatic rings. The Morgan fingerprint density at radius 1 is 1.35 bits per heavy atom. The summed E-state index contributed by atoms with van der Waals surface area (Å²) in [5.41, 5.74) is 3.06. The third kappa shape index (κ3) is 3.61. The number of anilines is 2. The van der Waals surface area contributed by atoms with Crippen molar-refractivity contribution in [1.82, 2.24) is 0 Å². The number of thiophene rings is 1. The third-order valence-electron chi connectivity index (χ3n) is 3.18. The molecule has 0 saturated carbocycles. The van der Waals surface area contributed by atoms with Crippen molar-refractivity contribution in [3.05, 3.63) is 46.2 Å². The van der Waals surface area contributed by atoms with Crippen LogP contribution in [-0.4, -0.2) is 5.91 Å². The first-order chi connectivity index (χ1) is 9.60. The largest absolute Gasteiger partial charge is 0.377 e. The van der Waals surface area contributed by atoms with Crippen LogP contribution in [0.3, 0.4) is 0 Å². The fourth-order valence-electron chi connectivity index (χ4n) is 1.95. The normalized spacial score (nSPS) is 11.9. The van der Waals surface area contributed by atoms with Gasteiger partial charge in [-0.1, -0.05) is 19.1 Å². The summed E-state index contributed by atoms with van der Waals surface area (Å²) in [4.78, 5) is 12.8. The first kappa shape index (κ1) is 14.6. The average Bonchev–Trinajstić information content (AvgIpc) is 2.96. The van der Waals surface area contributed by atoms with Crippen molar-refractivity contribution >= 4 is 28.6 Å². The van der Waals surface area contributed by atoms with Crippen molar-refractivity contribution in [3.63, 3.8) is 0 Å². The van der Waals surface area contributed by atoms with E-state index in [-0.39, 0.29) is 11.9 Å². The van der Waals surface area contributed by atoms with Crippen molar-refractivity contribution in [3.8, 4) is 0 Å². The molecular formula is C16H20N2OS. The standard InChI is InChI=1S/C16H20N2OS/c1-4-16(19)18-13-8-7-11(2)14(10-13)17-12(3)15-6-5-9-20-15/h5-10,12,17H,4H2,1-3H3,(H,18,19). The topological polar surface area (TPSA) is 41.1 Å². The lowest BCUT2D eigenvalue weighted by Gasteiger charge is -2.17. The van der Waals surface area contributed by atoms with Gasteiger partial charge in [0, 0.05) is 22.7 Å². The molecule has 106 valence electrons. The molecule has 0 fully saturated rings. The number of aryl methyl sites for hydroxylation is 1. The molecule has 0 aliphatic heterocycles. The number of carbonyl (C=O) groups is 1. The van der Waals surface area contributed by atoms with E-state index in [4.69, 9.17) is 0 Å². The van der Waals surface area contributed by atoms with Crippen LogP contribution in [0.25, 0.3) is 0 Å². The fraction of sp³-hybridized carbons (Fsp3) is 0.312. The SMILES string of the molecule is CCC(=O)Nc1ccc(C)c(NC(C)c2cccs2)c1. The van der Waals surface area contributed by atoms with Crippen LogP contribution < -0.4 is 10.6 Å². The van der Waals surface area contributed by atoms with Gasteiger partial charge in [0.25, 0.3) is 0 Å². The molecule has 0 radical (unpaired) electrons. The van der Waals surface area contributed by atoms with Gasteiger partial charge in [-0.3, -0.25) is 4.79 Å². The monoisotopic (exact) mass is 288 g/mol. The van der Waals surface area contributed by atoms with Gasteiger partial charge >= 0.3 is 0 Å². The average molecular weight is 288 g/mol. The van der Waals surface area contributed by atoms with Crippen LogP contribution >= 0.6 is 11.3 Å². The number of amides is 1. The number of benzene rings is 1. The molecule has 2 rings (SSSR count). The van der Waals surface area contributed by atoms with Crippen molar-refractivity contribution in [1.29, 1.82) is 0 Å². The minimum absolute atomic E-state index is 0.0334. The van der Waals surface area contributed by atoms with E-state index in [1.165, 1.54) is 10.4 Å². The summed E-state index contributed by atoms with van der Waals surface area (Å²) >= 11 is 1.74. The molecule has 1 heterocycles. The van der Waals surface area contributed by atoms with Crippen LogP contribution in [0.4, 0.5) is 11.4 Å². The summed E-state index contributed by atoms with van der Waals surface area (Å²) in [5, 5.41) is 8.48. The summed E-state index contributed by atoms with van der Waals surface area (Å²) in [5.74, 6) is 0.0334. The number of rotatable bonds is 5. The Labute approximate surface area is 124 Å². The van der Waals surface area contributed by atoms with Crippen molar-refractivity contribution < 1.29 is 4.79 Å². The van der Waals surface area contributed by atoms with Gasteiger partial charge in [-0.05, 0) is 43.0 Å². The molecule has 0 bridgehead atoms. The highest BCUT2D eigenvalue weighted by atomic mass is 32.1. The molecular weight excluding hydrogens is 268 g/mol. The zero-order valence-corrected chi connectivity index (χ0v) is 12.9. The second kappa shape index (κ2) is 6.57. The van der Waals surface area contributed by atoms with Gasteiger partial charge in [0.1, 0.15) is 0 Å². The molecule has 1 atom stereocenters. The third-order valence-corrected chi connectivity index (χ3v) is 4.24. The van der Waals surface area contributed by atoms with E-state index in [1.54, 1.807) is 11.3 Å². The molecule has 0 saturated heterocycles. The second-order valence-electron chi connectivity index (χ2n) is 4.81. The van der Waals surface area contributed by atoms with Crippen LogP contribution in [0.1, 0.15) is 36.8 Å². The van der Waals surface area contributed by atoms with Crippen LogP contribution in [0.15, 0.2) is 35.7 Å². The van der Waals surface area contributed by atoms with E-state index in [2.05, 4.69) is 42.0 Å². The minimum atomic E-state index is 0.0334. The highest BCUT2D eigenvalue weighted by Crippen LogP contribution is 2.27. The Balaban J connectivity index is 2.14. The summed E-state index contributed by atoms with van der Waals surface area (Å²) in [7, 11) is 0. The van der Waals surface area contributed by atoms with Gasteiger partial charge in [-0.15, -0.1) is 11.3 Å². The summed E-state index contributed by atoms with van der Waals surface area (Å²) in [6.45, 7) is 6.05. The van der Waals surface area contributed by atoms with Gasteiger partial charge in [-0.2, -0.15) is 0 Å². The van der Waals surface area contributed by atoms with Crippen LogP contribution in [0.5, 0.6) is 0 Å². The summed E-state index contributed by atoms with van der Waals surface area (Å²) < 4.78 is 0. The molecule has 2 N–H and O–H groups in total. The minimum Gasteiger partial charge on any atom is -0.377 e. The number of carbonyl (C=O) groups excluding carboxylic acids is 1. The summed E-state index contributed by atoms with van der Waals surface area (Å²) in [6, 6.07) is 10.4. The van der Waals surface area contributed by atoms with E-state index in [0.717, 1.165) is 11.4 Å². The highest BCUT2D eigenvalue weighted by Gasteiger charge is 2.09. The number of nitrogens with one attached hydrogen (secondary N) is 2. The zero-order valence-electron chi connectivity index (χ0n) is 12.1. The Bertz CT molecular complexity index is 578. The molecule has 4 heteroatoms. The van der Waals surface area contributed by atoms with E-state index >= 15 is 0 Å². The van der Waals surface area contributed by atoms with Crippen molar-refractivity contribution in [2.24, 2.45) is 0 Å². The molecule has 2 aromatic rings. The Hall–Kier alpha value is -1.81. The quantitative estimate of drug-likeness (QED) is 0.845. The van der Waals surface area contributed by atoms with E-state index in [0.29, 0.717) is 6.42 Å². The van der Waals surface area contributed by atoms with Gasteiger partial charge in [-0.25, -0.2) is 0 Å². The maximum Gasteiger partial charge on any atom is 0.224 e. The van der Waals surface area contributed by atoms with Gasteiger partial charge in [0.05, 0.1) is 6.04 Å². The first-order valence-electron chi connectivity index (χ1n) is 6.80. The summed E-state index contributed by atoms with van der Waals surface area (Å²) in [6.07, 6.45) is 0.488. The van der Waals surface area contributed by atoms with Crippen molar-refractivity contribution in [2.45, 2.75) is 33.2 Å². The Morgan fingerprint density at radius 2 is 2.15 bits per heavy atom. The van der Waals surface area contributed by atoms with E-state index < -0.39 is 0 Å². The molecule has 3 nitrogen and oxygen atoms in total. The zero-order chi connectivity index (χ0) is 14.5. The second-order valence-corrected chi connectivity index (χ2v) is 5.79. The molecule has 20 heavy (non-hydrogen) atoms. The predicted molar refractivity (Wildman–Crippen MR) is 86.5 cm³/mol. The van der Waals surface area contributed by atoms with Crippen molar-refractivity contribution in [2.75, 3.05) is 10.6 Å². The molecule has 1 aromatic heterocycles. The smallest absolute Gasteiger partial charge is 0.224 e. The molecule has 1 aromatic carbocycles. The fourth-order valence-corrected chi connectivity index (χ4v) is 2.68. The van der Waals surface area contributed by atoms with Gasteiger partial charge in [0.15, 0.2) is 0 Å². The molecule has 0 aliphatic carbocycles. The molecule has 0 spiro atoms. The van der Waals surface area contributed by atoms with Crippen LogP contribution in [-0.2, 0) is 4.79 Å². The maximum absolute atomic E-state index is 11.5. The Morgan fingerprint density at radius 3 is 2.80 bits per heavy atom. The van der Waals surface area contributed by atoms with Gasteiger partial charge < -0.3 is 10.6 Å². The molecule has 1 amide bonds. The highest BCUT2D eigenvalue weighted by molar-refractivity contribution is 7.10. The van der Waals surface area contributed by atoms with E-state index in [9.17, 15) is 4.79 Å². The van der Waals surface area contributed by atoms with Gasteiger partial charge in [0.2, 0.25) is 5.91 Å². The number of hydrogen-bond donors (Lipinski definition) is 2. The lowest BCUT2D eigenvalue weighted by Crippen LogP contribution is -2.11.